The molecule has 1 aromatic carbocycles. The molecule has 0 aliphatic carbocycles. The van der Waals surface area contributed by atoms with Crippen LogP contribution in [0.2, 0.25) is 5.02 Å². The lowest BCUT2D eigenvalue weighted by Gasteiger charge is -2.21. The zero-order chi connectivity index (χ0) is 9.84. The second kappa shape index (κ2) is 4.52. The predicted molar refractivity (Wildman–Crippen MR) is 59.8 cm³/mol. The van der Waals surface area contributed by atoms with Crippen LogP contribution in [0.5, 0.6) is 0 Å². The maximum atomic E-state index is 5.98. The fourth-order valence-corrected chi connectivity index (χ4v) is 1.77. The molecule has 0 amide bonds. The maximum absolute atomic E-state index is 5.98. The molecule has 0 atom stereocenters. The molecule has 0 fully saturated rings. The minimum Gasteiger partial charge on any atom is -0.372 e. The standard InChI is InChI=1S/C11H16ClN/c1-4-13(5-2)11-7-9(3)6-10(12)8-11/h6-8H,4-5H2,1-3H3. The molecule has 0 radical (unpaired) electrons. The van der Waals surface area contributed by atoms with Crippen molar-refractivity contribution >= 4 is 17.3 Å². The number of anilines is 1. The SMILES string of the molecule is CCN(CC)c1cc(C)cc(Cl)c1. The highest BCUT2D eigenvalue weighted by Crippen LogP contribution is 2.21. The average molecular weight is 198 g/mol. The Morgan fingerprint density at radius 2 is 1.77 bits per heavy atom. The molecule has 0 heterocycles. The summed E-state index contributed by atoms with van der Waals surface area (Å²) in [6.45, 7) is 8.42. The van der Waals surface area contributed by atoms with E-state index < -0.39 is 0 Å². The first-order valence-corrected chi connectivity index (χ1v) is 5.07. The number of halogens is 1. The first-order chi connectivity index (χ1) is 6.17. The molecule has 1 rings (SSSR count). The molecule has 1 nitrogen and oxygen atoms in total. The Balaban J connectivity index is 2.99. The van der Waals surface area contributed by atoms with E-state index in [1.807, 2.05) is 12.1 Å². The van der Waals surface area contributed by atoms with Crippen molar-refractivity contribution in [1.29, 1.82) is 0 Å². The van der Waals surface area contributed by atoms with E-state index in [0.717, 1.165) is 18.1 Å². The van der Waals surface area contributed by atoms with Gasteiger partial charge in [0.05, 0.1) is 0 Å². The predicted octanol–water partition coefficient (Wildman–Crippen LogP) is 3.49. The van der Waals surface area contributed by atoms with Crippen LogP contribution in [-0.4, -0.2) is 13.1 Å². The van der Waals surface area contributed by atoms with Crippen LogP contribution < -0.4 is 4.90 Å². The molecule has 0 saturated heterocycles. The summed E-state index contributed by atoms with van der Waals surface area (Å²) in [6, 6.07) is 6.16. The van der Waals surface area contributed by atoms with Crippen LogP contribution in [0, 0.1) is 6.92 Å². The van der Waals surface area contributed by atoms with Gasteiger partial charge in [0.1, 0.15) is 0 Å². The number of aryl methyl sites for hydroxylation is 1. The highest BCUT2D eigenvalue weighted by atomic mass is 35.5. The lowest BCUT2D eigenvalue weighted by molar-refractivity contribution is 0.865. The van der Waals surface area contributed by atoms with E-state index in [9.17, 15) is 0 Å². The lowest BCUT2D eigenvalue weighted by Crippen LogP contribution is -2.21. The zero-order valence-electron chi connectivity index (χ0n) is 8.47. The van der Waals surface area contributed by atoms with Crippen molar-refractivity contribution < 1.29 is 0 Å². The van der Waals surface area contributed by atoms with Crippen LogP contribution >= 0.6 is 11.6 Å². The highest BCUT2D eigenvalue weighted by Gasteiger charge is 2.02. The van der Waals surface area contributed by atoms with Crippen LogP contribution in [0.3, 0.4) is 0 Å². The first-order valence-electron chi connectivity index (χ1n) is 4.69. The molecule has 72 valence electrons. The van der Waals surface area contributed by atoms with Gasteiger partial charge in [-0.1, -0.05) is 11.6 Å². The molecule has 0 spiro atoms. The van der Waals surface area contributed by atoms with Gasteiger partial charge in [-0.25, -0.2) is 0 Å². The van der Waals surface area contributed by atoms with E-state index in [1.165, 1.54) is 11.3 Å². The van der Waals surface area contributed by atoms with E-state index in [1.54, 1.807) is 0 Å². The van der Waals surface area contributed by atoms with Crippen LogP contribution in [-0.2, 0) is 0 Å². The summed E-state index contributed by atoms with van der Waals surface area (Å²) >= 11 is 5.98. The van der Waals surface area contributed by atoms with Crippen LogP contribution in [0.15, 0.2) is 18.2 Å². The number of rotatable bonds is 3. The molecule has 0 N–H and O–H groups in total. The summed E-state index contributed by atoms with van der Waals surface area (Å²) in [5, 5.41) is 0.821. The van der Waals surface area contributed by atoms with Gasteiger partial charge in [-0.15, -0.1) is 0 Å². The topological polar surface area (TPSA) is 3.24 Å². The largest absolute Gasteiger partial charge is 0.372 e. The Labute approximate surface area is 85.3 Å². The second-order valence-corrected chi connectivity index (χ2v) is 3.60. The van der Waals surface area contributed by atoms with Crippen LogP contribution in [0.25, 0.3) is 0 Å². The Bertz CT molecular complexity index is 259. The van der Waals surface area contributed by atoms with Gasteiger partial charge in [0.15, 0.2) is 0 Å². The summed E-state index contributed by atoms with van der Waals surface area (Å²) in [5.74, 6) is 0. The molecular formula is C11H16ClN. The molecule has 0 aliphatic heterocycles. The van der Waals surface area contributed by atoms with Crippen molar-refractivity contribution in [3.05, 3.63) is 28.8 Å². The Hall–Kier alpha value is -0.690. The van der Waals surface area contributed by atoms with Crippen molar-refractivity contribution in [1.82, 2.24) is 0 Å². The van der Waals surface area contributed by atoms with E-state index in [2.05, 4.69) is 31.7 Å². The fraction of sp³-hybridized carbons (Fsp3) is 0.455. The molecule has 13 heavy (non-hydrogen) atoms. The molecule has 0 aromatic heterocycles. The van der Waals surface area contributed by atoms with Crippen molar-refractivity contribution in [2.24, 2.45) is 0 Å². The van der Waals surface area contributed by atoms with Gasteiger partial charge in [-0.2, -0.15) is 0 Å². The first kappa shape index (κ1) is 10.4. The number of benzene rings is 1. The smallest absolute Gasteiger partial charge is 0.0429 e. The van der Waals surface area contributed by atoms with E-state index in [-0.39, 0.29) is 0 Å². The van der Waals surface area contributed by atoms with E-state index >= 15 is 0 Å². The summed E-state index contributed by atoms with van der Waals surface area (Å²) in [6.07, 6.45) is 0. The molecule has 0 bridgehead atoms. The van der Waals surface area contributed by atoms with Crippen molar-refractivity contribution in [2.45, 2.75) is 20.8 Å². The number of hydrogen-bond acceptors (Lipinski definition) is 1. The molecular weight excluding hydrogens is 182 g/mol. The minimum absolute atomic E-state index is 0.821. The molecule has 0 saturated carbocycles. The van der Waals surface area contributed by atoms with Crippen molar-refractivity contribution in [3.8, 4) is 0 Å². The average Bonchev–Trinajstić information content (AvgIpc) is 2.04. The molecule has 2 heteroatoms. The van der Waals surface area contributed by atoms with Crippen molar-refractivity contribution in [2.75, 3.05) is 18.0 Å². The quantitative estimate of drug-likeness (QED) is 0.717. The molecule has 0 unspecified atom stereocenters. The molecule has 1 aromatic rings. The normalized spacial score (nSPS) is 10.2. The Morgan fingerprint density at radius 3 is 2.23 bits per heavy atom. The monoisotopic (exact) mass is 197 g/mol. The summed E-state index contributed by atoms with van der Waals surface area (Å²) in [7, 11) is 0. The summed E-state index contributed by atoms with van der Waals surface area (Å²) < 4.78 is 0. The highest BCUT2D eigenvalue weighted by molar-refractivity contribution is 6.30. The fourth-order valence-electron chi connectivity index (χ4n) is 1.49. The number of hydrogen-bond donors (Lipinski definition) is 0. The second-order valence-electron chi connectivity index (χ2n) is 3.16. The van der Waals surface area contributed by atoms with E-state index in [0.29, 0.717) is 0 Å². The maximum Gasteiger partial charge on any atom is 0.0429 e. The van der Waals surface area contributed by atoms with Crippen LogP contribution in [0.4, 0.5) is 5.69 Å². The van der Waals surface area contributed by atoms with E-state index in [4.69, 9.17) is 11.6 Å². The third-order valence-electron chi connectivity index (χ3n) is 2.16. The third-order valence-corrected chi connectivity index (χ3v) is 2.37. The van der Waals surface area contributed by atoms with Gasteiger partial charge >= 0.3 is 0 Å². The zero-order valence-corrected chi connectivity index (χ0v) is 9.23. The number of nitrogens with zero attached hydrogens (tertiary/aromatic N) is 1. The summed E-state index contributed by atoms with van der Waals surface area (Å²) in [4.78, 5) is 2.29. The van der Waals surface area contributed by atoms with Gasteiger partial charge in [-0.05, 0) is 44.5 Å². The van der Waals surface area contributed by atoms with Gasteiger partial charge in [0.2, 0.25) is 0 Å². The van der Waals surface area contributed by atoms with Crippen LogP contribution in [0.1, 0.15) is 19.4 Å². The van der Waals surface area contributed by atoms with Gasteiger partial charge in [0, 0.05) is 23.8 Å². The lowest BCUT2D eigenvalue weighted by atomic mass is 10.2. The van der Waals surface area contributed by atoms with Crippen molar-refractivity contribution in [3.63, 3.8) is 0 Å². The summed E-state index contributed by atoms with van der Waals surface area (Å²) in [5.41, 5.74) is 2.43. The Morgan fingerprint density at radius 1 is 1.15 bits per heavy atom. The molecule has 0 aliphatic rings. The van der Waals surface area contributed by atoms with Gasteiger partial charge in [0.25, 0.3) is 0 Å². The third kappa shape index (κ3) is 2.63. The van der Waals surface area contributed by atoms with Gasteiger partial charge < -0.3 is 4.90 Å². The van der Waals surface area contributed by atoms with Gasteiger partial charge in [-0.3, -0.25) is 0 Å². The minimum atomic E-state index is 0.821. The Kier molecular flexibility index (Phi) is 3.61.